The first-order valence-electron chi connectivity index (χ1n) is 9.55. The van der Waals surface area contributed by atoms with E-state index in [-0.39, 0.29) is 18.1 Å². The topological polar surface area (TPSA) is 89.6 Å². The highest BCUT2D eigenvalue weighted by atomic mass is 16.5. The minimum atomic E-state index is -0.283. The van der Waals surface area contributed by atoms with Gasteiger partial charge in [0, 0.05) is 31.9 Å². The molecule has 152 valence electrons. The fraction of sp³-hybridized carbons (Fsp3) is 0.261. The quantitative estimate of drug-likeness (QED) is 0.545. The summed E-state index contributed by atoms with van der Waals surface area (Å²) in [6.45, 7) is 2.44. The second kappa shape index (κ2) is 9.99. The van der Waals surface area contributed by atoms with Gasteiger partial charge in [-0.25, -0.2) is 0 Å². The Morgan fingerprint density at radius 2 is 1.80 bits per heavy atom. The van der Waals surface area contributed by atoms with Gasteiger partial charge in [0.25, 0.3) is 5.91 Å². The lowest BCUT2D eigenvalue weighted by Gasteiger charge is -2.36. The molecule has 30 heavy (non-hydrogen) atoms. The molecule has 1 amide bonds. The Hall–Kier alpha value is -3.97. The molecule has 0 radical (unpaired) electrons. The molecule has 3 rings (SSSR count). The fourth-order valence-electron chi connectivity index (χ4n) is 3.29. The summed E-state index contributed by atoms with van der Waals surface area (Å²) >= 11 is 0. The number of para-hydroxylation sites is 1. The molecule has 0 bridgehead atoms. The summed E-state index contributed by atoms with van der Waals surface area (Å²) < 4.78 is 10.6. The molecule has 2 aromatic carbocycles. The number of hydrogen-bond acceptors (Lipinski definition) is 6. The third kappa shape index (κ3) is 4.89. The maximum atomic E-state index is 12.9. The zero-order valence-electron chi connectivity index (χ0n) is 16.7. The number of carbonyl (C=O) groups is 1. The van der Waals surface area contributed by atoms with Crippen LogP contribution in [0.25, 0.3) is 6.08 Å². The van der Waals surface area contributed by atoms with Gasteiger partial charge in [-0.15, -0.1) is 0 Å². The van der Waals surface area contributed by atoms with E-state index in [1.165, 1.54) is 7.11 Å². The first kappa shape index (κ1) is 20.8. The number of piperazine rings is 1. The Morgan fingerprint density at radius 1 is 1.07 bits per heavy atom. The van der Waals surface area contributed by atoms with Crippen molar-refractivity contribution in [2.24, 2.45) is 0 Å². The summed E-state index contributed by atoms with van der Waals surface area (Å²) in [5, 5.41) is 18.2. The zero-order chi connectivity index (χ0) is 21.3. The number of nitriles is 2. The van der Waals surface area contributed by atoms with Crippen molar-refractivity contribution in [2.45, 2.75) is 0 Å². The molecule has 0 unspecified atom stereocenters. The van der Waals surface area contributed by atoms with E-state index in [4.69, 9.17) is 14.7 Å². The van der Waals surface area contributed by atoms with Gasteiger partial charge in [0.15, 0.2) is 18.1 Å². The van der Waals surface area contributed by atoms with Gasteiger partial charge in [0.1, 0.15) is 17.7 Å². The van der Waals surface area contributed by atoms with Gasteiger partial charge in [-0.05, 0) is 35.9 Å². The van der Waals surface area contributed by atoms with E-state index >= 15 is 0 Å². The van der Waals surface area contributed by atoms with Gasteiger partial charge >= 0.3 is 0 Å². The van der Waals surface area contributed by atoms with Crippen LogP contribution in [0.4, 0.5) is 5.69 Å². The van der Waals surface area contributed by atoms with Crippen LogP contribution in [-0.4, -0.2) is 50.7 Å². The molecule has 0 atom stereocenters. The molecule has 1 saturated heterocycles. The number of carbonyl (C=O) groups excluding carboxylic acids is 1. The van der Waals surface area contributed by atoms with E-state index in [2.05, 4.69) is 17.0 Å². The minimum absolute atomic E-state index is 0.0657. The van der Waals surface area contributed by atoms with Crippen LogP contribution in [0.1, 0.15) is 5.56 Å². The lowest BCUT2D eigenvalue weighted by Crippen LogP contribution is -2.49. The molecule has 2 aromatic rings. The van der Waals surface area contributed by atoms with E-state index in [0.29, 0.717) is 43.2 Å². The van der Waals surface area contributed by atoms with Crippen molar-refractivity contribution in [2.75, 3.05) is 44.8 Å². The van der Waals surface area contributed by atoms with Gasteiger partial charge in [-0.2, -0.15) is 10.5 Å². The number of benzene rings is 2. The zero-order valence-corrected chi connectivity index (χ0v) is 16.7. The van der Waals surface area contributed by atoms with Crippen LogP contribution in [0.3, 0.4) is 0 Å². The van der Waals surface area contributed by atoms with Crippen LogP contribution in [-0.2, 0) is 4.79 Å². The number of anilines is 1. The summed E-state index contributed by atoms with van der Waals surface area (Å²) in [6, 6.07) is 19.0. The van der Waals surface area contributed by atoms with E-state index in [1.807, 2.05) is 30.3 Å². The van der Waals surface area contributed by atoms with E-state index in [1.54, 1.807) is 29.2 Å². The van der Waals surface area contributed by atoms with Gasteiger partial charge in [0.2, 0.25) is 0 Å². The number of rotatable bonds is 6. The molecular weight excluding hydrogens is 380 g/mol. The third-order valence-electron chi connectivity index (χ3n) is 4.83. The molecule has 0 aromatic heterocycles. The molecule has 0 aliphatic carbocycles. The van der Waals surface area contributed by atoms with Crippen molar-refractivity contribution >= 4 is 17.7 Å². The molecule has 1 aliphatic heterocycles. The molecule has 1 aliphatic rings. The second-order valence-electron chi connectivity index (χ2n) is 6.64. The van der Waals surface area contributed by atoms with E-state index in [0.717, 1.165) is 5.69 Å². The minimum Gasteiger partial charge on any atom is -0.493 e. The second-order valence-corrected chi connectivity index (χ2v) is 6.64. The SMILES string of the molecule is COc1cc(/C=C(/C#N)C(=O)N2CCN(c3ccccc3)CC2)ccc1OCC#N. The standard InChI is InChI=1S/C23H22N4O3/c1-29-22-16-18(7-8-21(22)30-14-9-24)15-19(17-25)23(28)27-12-10-26(11-13-27)20-5-3-2-4-6-20/h2-8,15-16H,10-14H2,1H3/b19-15-. The Balaban J connectivity index is 1.70. The molecule has 1 fully saturated rings. The molecule has 1 heterocycles. The summed E-state index contributed by atoms with van der Waals surface area (Å²) in [4.78, 5) is 16.8. The monoisotopic (exact) mass is 402 g/mol. The predicted octanol–water partition coefficient (Wildman–Crippen LogP) is 2.85. The maximum absolute atomic E-state index is 12.9. The summed E-state index contributed by atoms with van der Waals surface area (Å²) in [7, 11) is 1.49. The summed E-state index contributed by atoms with van der Waals surface area (Å²) in [6.07, 6.45) is 1.54. The number of ether oxygens (including phenoxy) is 2. The Kier molecular flexibility index (Phi) is 6.91. The van der Waals surface area contributed by atoms with Crippen molar-refractivity contribution in [3.63, 3.8) is 0 Å². The average Bonchev–Trinajstić information content (AvgIpc) is 2.81. The molecule has 0 saturated carbocycles. The average molecular weight is 402 g/mol. The molecule has 0 N–H and O–H groups in total. The lowest BCUT2D eigenvalue weighted by molar-refractivity contribution is -0.126. The molecule has 0 spiro atoms. The molecule has 7 heteroatoms. The van der Waals surface area contributed by atoms with Gasteiger partial charge < -0.3 is 19.3 Å². The number of methoxy groups -OCH3 is 1. The first-order valence-corrected chi connectivity index (χ1v) is 9.55. The fourth-order valence-corrected chi connectivity index (χ4v) is 3.29. The van der Waals surface area contributed by atoms with Crippen LogP contribution in [0.15, 0.2) is 54.1 Å². The van der Waals surface area contributed by atoms with Gasteiger partial charge in [-0.1, -0.05) is 24.3 Å². The molecular formula is C23H22N4O3. The highest BCUT2D eigenvalue weighted by molar-refractivity contribution is 6.01. The van der Waals surface area contributed by atoms with Gasteiger partial charge in [0.05, 0.1) is 7.11 Å². The van der Waals surface area contributed by atoms with Gasteiger partial charge in [-0.3, -0.25) is 4.79 Å². The van der Waals surface area contributed by atoms with Crippen molar-refractivity contribution in [1.82, 2.24) is 4.90 Å². The van der Waals surface area contributed by atoms with E-state index in [9.17, 15) is 10.1 Å². The Labute approximate surface area is 176 Å². The Bertz CT molecular complexity index is 997. The van der Waals surface area contributed by atoms with Crippen molar-refractivity contribution in [1.29, 1.82) is 10.5 Å². The predicted molar refractivity (Wildman–Crippen MR) is 113 cm³/mol. The largest absolute Gasteiger partial charge is 0.493 e. The number of amides is 1. The normalized spacial score (nSPS) is 13.9. The smallest absolute Gasteiger partial charge is 0.264 e. The Morgan fingerprint density at radius 3 is 2.43 bits per heavy atom. The van der Waals surface area contributed by atoms with Crippen LogP contribution >= 0.6 is 0 Å². The first-order chi connectivity index (χ1) is 14.7. The highest BCUT2D eigenvalue weighted by Crippen LogP contribution is 2.29. The molecule has 7 nitrogen and oxygen atoms in total. The van der Waals surface area contributed by atoms with Crippen molar-refractivity contribution in [3.8, 4) is 23.6 Å². The highest BCUT2D eigenvalue weighted by Gasteiger charge is 2.24. The summed E-state index contributed by atoms with van der Waals surface area (Å²) in [5.74, 6) is 0.576. The summed E-state index contributed by atoms with van der Waals surface area (Å²) in [5.41, 5.74) is 1.84. The van der Waals surface area contributed by atoms with Crippen molar-refractivity contribution < 1.29 is 14.3 Å². The van der Waals surface area contributed by atoms with Crippen LogP contribution in [0.2, 0.25) is 0 Å². The number of nitrogens with zero attached hydrogens (tertiary/aromatic N) is 4. The van der Waals surface area contributed by atoms with Crippen molar-refractivity contribution in [3.05, 3.63) is 59.7 Å². The third-order valence-corrected chi connectivity index (χ3v) is 4.83. The van der Waals surface area contributed by atoms with Crippen LogP contribution < -0.4 is 14.4 Å². The van der Waals surface area contributed by atoms with Crippen LogP contribution in [0.5, 0.6) is 11.5 Å². The number of hydrogen-bond donors (Lipinski definition) is 0. The van der Waals surface area contributed by atoms with E-state index < -0.39 is 0 Å². The lowest BCUT2D eigenvalue weighted by atomic mass is 10.1. The maximum Gasteiger partial charge on any atom is 0.264 e. The van der Waals surface area contributed by atoms with Crippen LogP contribution in [0, 0.1) is 22.7 Å².